The second kappa shape index (κ2) is 7.61. The van der Waals surface area contributed by atoms with Crippen molar-refractivity contribution in [3.05, 3.63) is 17.9 Å². The van der Waals surface area contributed by atoms with Gasteiger partial charge in [0, 0.05) is 26.7 Å². The SMILES string of the molecule is COCCN(C)CCNCc1ccc(S(N)(=O)=O)o1. The van der Waals surface area contributed by atoms with E-state index in [9.17, 15) is 8.42 Å². The number of nitrogens with one attached hydrogen (secondary N) is 1. The normalized spacial score (nSPS) is 12.2. The molecule has 7 nitrogen and oxygen atoms in total. The first-order chi connectivity index (χ1) is 8.93. The Kier molecular flexibility index (Phi) is 6.46. The maximum atomic E-state index is 11.0. The summed E-state index contributed by atoms with van der Waals surface area (Å²) in [7, 11) is -0.0735. The third kappa shape index (κ3) is 6.17. The Morgan fingerprint density at radius 3 is 2.74 bits per heavy atom. The first kappa shape index (κ1) is 16.1. The predicted molar refractivity (Wildman–Crippen MR) is 71.2 cm³/mol. The highest BCUT2D eigenvalue weighted by atomic mass is 32.2. The number of sulfonamides is 1. The number of methoxy groups -OCH3 is 1. The highest BCUT2D eigenvalue weighted by Gasteiger charge is 2.12. The molecule has 0 aliphatic rings. The smallest absolute Gasteiger partial charge is 0.271 e. The molecule has 0 atom stereocenters. The van der Waals surface area contributed by atoms with Crippen LogP contribution in [0.5, 0.6) is 0 Å². The molecule has 0 unspecified atom stereocenters. The van der Waals surface area contributed by atoms with E-state index >= 15 is 0 Å². The number of nitrogens with two attached hydrogens (primary N) is 1. The Morgan fingerprint density at radius 2 is 2.16 bits per heavy atom. The molecule has 0 aliphatic carbocycles. The maximum Gasteiger partial charge on any atom is 0.271 e. The summed E-state index contributed by atoms with van der Waals surface area (Å²) in [6.07, 6.45) is 0. The van der Waals surface area contributed by atoms with Crippen molar-refractivity contribution in [2.75, 3.05) is 40.4 Å². The molecule has 0 aliphatic heterocycles. The lowest BCUT2D eigenvalue weighted by molar-refractivity contribution is 0.161. The molecule has 0 aromatic carbocycles. The largest absolute Gasteiger partial charge is 0.447 e. The van der Waals surface area contributed by atoms with Gasteiger partial charge in [0.1, 0.15) is 5.76 Å². The fourth-order valence-electron chi connectivity index (χ4n) is 1.45. The lowest BCUT2D eigenvalue weighted by Gasteiger charge is -2.15. The topological polar surface area (TPSA) is 97.8 Å². The van der Waals surface area contributed by atoms with Gasteiger partial charge in [-0.05, 0) is 19.2 Å². The summed E-state index contributed by atoms with van der Waals surface area (Å²) in [6, 6.07) is 2.96. The van der Waals surface area contributed by atoms with Gasteiger partial charge in [0.2, 0.25) is 5.09 Å². The Balaban J connectivity index is 2.25. The highest BCUT2D eigenvalue weighted by molar-refractivity contribution is 7.89. The van der Waals surface area contributed by atoms with E-state index in [1.165, 1.54) is 6.07 Å². The van der Waals surface area contributed by atoms with Gasteiger partial charge in [-0.1, -0.05) is 0 Å². The zero-order valence-electron chi connectivity index (χ0n) is 11.3. The van der Waals surface area contributed by atoms with Gasteiger partial charge in [0.05, 0.1) is 13.2 Å². The monoisotopic (exact) mass is 291 g/mol. The van der Waals surface area contributed by atoms with Gasteiger partial charge in [-0.2, -0.15) is 0 Å². The molecule has 0 radical (unpaired) electrons. The number of hydrogen-bond acceptors (Lipinski definition) is 6. The number of nitrogens with zero attached hydrogens (tertiary/aromatic N) is 1. The zero-order valence-corrected chi connectivity index (χ0v) is 12.1. The quantitative estimate of drug-likeness (QED) is 0.601. The van der Waals surface area contributed by atoms with Crippen LogP contribution in [0.4, 0.5) is 0 Å². The van der Waals surface area contributed by atoms with Gasteiger partial charge in [-0.3, -0.25) is 0 Å². The van der Waals surface area contributed by atoms with Crippen molar-refractivity contribution in [1.29, 1.82) is 0 Å². The summed E-state index contributed by atoms with van der Waals surface area (Å²) in [6.45, 7) is 3.67. The van der Waals surface area contributed by atoms with Crippen LogP contribution in [0.25, 0.3) is 0 Å². The van der Waals surface area contributed by atoms with Gasteiger partial charge in [0.15, 0.2) is 0 Å². The predicted octanol–water partition coefficient (Wildman–Crippen LogP) is -0.405. The molecule has 1 rings (SSSR count). The van der Waals surface area contributed by atoms with Crippen LogP contribution < -0.4 is 10.5 Å². The summed E-state index contributed by atoms with van der Waals surface area (Å²) in [4.78, 5) is 2.13. The van der Waals surface area contributed by atoms with Gasteiger partial charge in [-0.25, -0.2) is 13.6 Å². The Hall–Kier alpha value is -0.930. The maximum absolute atomic E-state index is 11.0. The fraction of sp³-hybridized carbons (Fsp3) is 0.636. The summed E-state index contributed by atoms with van der Waals surface area (Å²) in [5, 5.41) is 7.91. The molecule has 0 amide bonds. The number of furan rings is 1. The van der Waals surface area contributed by atoms with Gasteiger partial charge < -0.3 is 19.4 Å². The van der Waals surface area contributed by atoms with Gasteiger partial charge in [-0.15, -0.1) is 0 Å². The summed E-state index contributed by atoms with van der Waals surface area (Å²) in [5.74, 6) is 0.545. The van der Waals surface area contributed by atoms with Crippen LogP contribution in [0, 0.1) is 0 Å². The van der Waals surface area contributed by atoms with Crippen molar-refractivity contribution in [2.45, 2.75) is 11.6 Å². The van der Waals surface area contributed by atoms with Crippen LogP contribution in [0.3, 0.4) is 0 Å². The molecule has 0 saturated carbocycles. The lowest BCUT2D eigenvalue weighted by Crippen LogP contribution is -2.31. The Morgan fingerprint density at radius 1 is 1.42 bits per heavy atom. The summed E-state index contributed by atoms with van der Waals surface area (Å²) < 4.78 is 32.1. The third-order valence-electron chi connectivity index (χ3n) is 2.56. The van der Waals surface area contributed by atoms with Crippen LogP contribution in [0.15, 0.2) is 21.6 Å². The van der Waals surface area contributed by atoms with Crippen LogP contribution in [0.2, 0.25) is 0 Å². The van der Waals surface area contributed by atoms with E-state index in [4.69, 9.17) is 14.3 Å². The Labute approximate surface area is 113 Å². The highest BCUT2D eigenvalue weighted by Crippen LogP contribution is 2.11. The fourth-order valence-corrected chi connectivity index (χ4v) is 1.93. The van der Waals surface area contributed by atoms with Crippen molar-refractivity contribution < 1.29 is 17.6 Å². The second-order valence-electron chi connectivity index (χ2n) is 4.24. The van der Waals surface area contributed by atoms with E-state index in [0.29, 0.717) is 18.9 Å². The number of primary sulfonamides is 1. The molecule has 8 heteroatoms. The molecule has 1 heterocycles. The standard InChI is InChI=1S/C11H21N3O4S/c1-14(7-8-17-2)6-5-13-9-10-3-4-11(18-10)19(12,15)16/h3-4,13H,5-9H2,1-2H3,(H2,12,15,16). The average Bonchev–Trinajstić information content (AvgIpc) is 2.80. The van der Waals surface area contributed by atoms with E-state index in [2.05, 4.69) is 10.2 Å². The van der Waals surface area contributed by atoms with Crippen LogP contribution in [0.1, 0.15) is 5.76 Å². The number of likely N-dealkylation sites (N-methyl/N-ethyl adjacent to an activating group) is 1. The Bertz CT molecular complexity index is 472. The first-order valence-corrected chi connectivity index (χ1v) is 7.48. The summed E-state index contributed by atoms with van der Waals surface area (Å²) >= 11 is 0. The van der Waals surface area contributed by atoms with Gasteiger partial charge in [0.25, 0.3) is 10.0 Å². The van der Waals surface area contributed by atoms with Crippen LogP contribution in [-0.2, 0) is 21.3 Å². The van der Waals surface area contributed by atoms with Crippen molar-refractivity contribution in [2.24, 2.45) is 5.14 Å². The third-order valence-corrected chi connectivity index (χ3v) is 3.34. The summed E-state index contributed by atoms with van der Waals surface area (Å²) in [5.41, 5.74) is 0. The molecule has 1 aromatic rings. The molecular formula is C11H21N3O4S. The molecule has 1 aromatic heterocycles. The molecule has 0 bridgehead atoms. The number of rotatable bonds is 9. The minimum atomic E-state index is -3.75. The average molecular weight is 291 g/mol. The molecule has 0 saturated heterocycles. The van der Waals surface area contributed by atoms with E-state index in [1.54, 1.807) is 13.2 Å². The van der Waals surface area contributed by atoms with E-state index < -0.39 is 10.0 Å². The van der Waals surface area contributed by atoms with Crippen LogP contribution >= 0.6 is 0 Å². The van der Waals surface area contributed by atoms with Crippen molar-refractivity contribution in [3.8, 4) is 0 Å². The molecule has 19 heavy (non-hydrogen) atoms. The van der Waals surface area contributed by atoms with E-state index in [-0.39, 0.29) is 5.09 Å². The second-order valence-corrected chi connectivity index (χ2v) is 5.73. The van der Waals surface area contributed by atoms with E-state index in [0.717, 1.165) is 19.6 Å². The van der Waals surface area contributed by atoms with Gasteiger partial charge >= 0.3 is 0 Å². The lowest BCUT2D eigenvalue weighted by atomic mass is 10.4. The molecule has 0 fully saturated rings. The molecular weight excluding hydrogens is 270 g/mol. The van der Waals surface area contributed by atoms with Crippen LogP contribution in [-0.4, -0.2) is 53.7 Å². The number of hydrogen-bond donors (Lipinski definition) is 2. The zero-order chi connectivity index (χ0) is 14.3. The van der Waals surface area contributed by atoms with Crippen molar-refractivity contribution >= 4 is 10.0 Å². The minimum absolute atomic E-state index is 0.207. The van der Waals surface area contributed by atoms with E-state index in [1.807, 2.05) is 7.05 Å². The van der Waals surface area contributed by atoms with Crippen molar-refractivity contribution in [3.63, 3.8) is 0 Å². The first-order valence-electron chi connectivity index (χ1n) is 5.93. The molecule has 0 spiro atoms. The molecule has 110 valence electrons. The number of ether oxygens (including phenoxy) is 1. The molecule has 3 N–H and O–H groups in total. The minimum Gasteiger partial charge on any atom is -0.447 e. The van der Waals surface area contributed by atoms with Crippen molar-refractivity contribution in [1.82, 2.24) is 10.2 Å².